The number of benzene rings is 2. The Bertz CT molecular complexity index is 893. The predicted octanol–water partition coefficient (Wildman–Crippen LogP) is 2.65. The van der Waals surface area contributed by atoms with Crippen molar-refractivity contribution >= 4 is 6.03 Å². The third kappa shape index (κ3) is 4.45. The lowest BCUT2D eigenvalue weighted by Crippen LogP contribution is -2.35. The number of carbonyl (C=O) groups is 1. The number of rotatable bonds is 7. The molecule has 1 aromatic heterocycles. The first kappa shape index (κ1) is 17.1. The zero-order valence-electron chi connectivity index (χ0n) is 14.6. The number of hydrogen-bond donors (Lipinski definition) is 3. The SMILES string of the molecule is O=C1NNC(Cc2ccc(OCCc3coc(-c4ccccc4)n3)cc2)N1. The molecule has 27 heavy (non-hydrogen) atoms. The summed E-state index contributed by atoms with van der Waals surface area (Å²) in [6, 6.07) is 17.4. The van der Waals surface area contributed by atoms with Crippen LogP contribution in [0.15, 0.2) is 65.3 Å². The van der Waals surface area contributed by atoms with Gasteiger partial charge in [-0.1, -0.05) is 30.3 Å². The van der Waals surface area contributed by atoms with Crippen molar-refractivity contribution in [3.05, 3.63) is 72.1 Å². The molecule has 138 valence electrons. The Morgan fingerprint density at radius 2 is 1.89 bits per heavy atom. The van der Waals surface area contributed by atoms with Gasteiger partial charge >= 0.3 is 6.03 Å². The highest BCUT2D eigenvalue weighted by Crippen LogP contribution is 2.18. The average molecular weight is 364 g/mol. The van der Waals surface area contributed by atoms with Crippen LogP contribution in [0.4, 0.5) is 4.79 Å². The number of nitrogens with one attached hydrogen (secondary N) is 3. The summed E-state index contributed by atoms with van der Waals surface area (Å²) < 4.78 is 11.3. The van der Waals surface area contributed by atoms with Crippen molar-refractivity contribution < 1.29 is 13.9 Å². The molecule has 2 heterocycles. The van der Waals surface area contributed by atoms with E-state index in [1.165, 1.54) is 0 Å². The van der Waals surface area contributed by atoms with Crippen molar-refractivity contribution in [2.45, 2.75) is 19.0 Å². The number of aromatic nitrogens is 1. The molecule has 1 aliphatic heterocycles. The summed E-state index contributed by atoms with van der Waals surface area (Å²) in [5.74, 6) is 1.42. The molecule has 1 aliphatic rings. The van der Waals surface area contributed by atoms with Gasteiger partial charge in [0, 0.05) is 18.4 Å². The second-order valence-electron chi connectivity index (χ2n) is 6.25. The van der Waals surface area contributed by atoms with E-state index in [4.69, 9.17) is 9.15 Å². The first-order chi connectivity index (χ1) is 13.3. The number of urea groups is 1. The van der Waals surface area contributed by atoms with Gasteiger partial charge in [0.15, 0.2) is 0 Å². The zero-order valence-corrected chi connectivity index (χ0v) is 14.6. The second-order valence-corrected chi connectivity index (χ2v) is 6.25. The quantitative estimate of drug-likeness (QED) is 0.600. The molecule has 0 radical (unpaired) electrons. The predicted molar refractivity (Wildman–Crippen MR) is 99.9 cm³/mol. The van der Waals surface area contributed by atoms with E-state index in [-0.39, 0.29) is 12.2 Å². The van der Waals surface area contributed by atoms with Crippen LogP contribution < -0.4 is 20.9 Å². The average Bonchev–Trinajstić information content (AvgIpc) is 3.33. The van der Waals surface area contributed by atoms with Gasteiger partial charge in [0.2, 0.25) is 5.89 Å². The highest BCUT2D eigenvalue weighted by molar-refractivity contribution is 5.75. The van der Waals surface area contributed by atoms with E-state index in [1.807, 2.05) is 54.6 Å². The van der Waals surface area contributed by atoms with E-state index >= 15 is 0 Å². The van der Waals surface area contributed by atoms with Crippen molar-refractivity contribution in [1.82, 2.24) is 21.2 Å². The van der Waals surface area contributed by atoms with Gasteiger partial charge in [-0.15, -0.1) is 0 Å². The number of ether oxygens (including phenoxy) is 1. The zero-order chi connectivity index (χ0) is 18.5. The van der Waals surface area contributed by atoms with Crippen molar-refractivity contribution in [2.24, 2.45) is 0 Å². The Hall–Kier alpha value is -3.32. The van der Waals surface area contributed by atoms with Crippen LogP contribution in [0.1, 0.15) is 11.3 Å². The van der Waals surface area contributed by atoms with Crippen molar-refractivity contribution in [2.75, 3.05) is 6.61 Å². The number of amides is 2. The molecule has 2 amide bonds. The van der Waals surface area contributed by atoms with Crippen molar-refractivity contribution in [3.8, 4) is 17.2 Å². The summed E-state index contributed by atoms with van der Waals surface area (Å²) in [6.45, 7) is 0.518. The lowest BCUT2D eigenvalue weighted by atomic mass is 10.1. The Morgan fingerprint density at radius 3 is 2.63 bits per heavy atom. The summed E-state index contributed by atoms with van der Waals surface area (Å²) in [6.07, 6.45) is 2.93. The molecular weight excluding hydrogens is 344 g/mol. The number of oxazole rings is 1. The van der Waals surface area contributed by atoms with Crippen LogP contribution in [-0.2, 0) is 12.8 Å². The molecule has 7 heteroatoms. The fourth-order valence-corrected chi connectivity index (χ4v) is 2.85. The molecule has 1 saturated heterocycles. The summed E-state index contributed by atoms with van der Waals surface area (Å²) in [5.41, 5.74) is 8.32. The molecule has 0 aliphatic carbocycles. The smallest absolute Gasteiger partial charge is 0.330 e. The van der Waals surface area contributed by atoms with Gasteiger partial charge in [-0.05, 0) is 29.8 Å². The minimum Gasteiger partial charge on any atom is -0.493 e. The molecule has 0 spiro atoms. The van der Waals surface area contributed by atoms with Gasteiger partial charge < -0.3 is 14.5 Å². The van der Waals surface area contributed by atoms with Crippen LogP contribution in [0.5, 0.6) is 5.75 Å². The summed E-state index contributed by atoms with van der Waals surface area (Å²) in [7, 11) is 0. The van der Waals surface area contributed by atoms with Crippen LogP contribution in [0.2, 0.25) is 0 Å². The van der Waals surface area contributed by atoms with Crippen LogP contribution in [0, 0.1) is 0 Å². The largest absolute Gasteiger partial charge is 0.493 e. The second kappa shape index (κ2) is 7.92. The molecule has 1 atom stereocenters. The Balaban J connectivity index is 1.26. The molecule has 2 aromatic carbocycles. The standard InChI is InChI=1S/C20H20N4O3/c25-20-22-18(23-24-20)12-14-6-8-17(9-7-14)26-11-10-16-13-27-19(21-16)15-4-2-1-3-5-15/h1-9,13,18,23H,10-12H2,(H2,22,24,25). The van der Waals surface area contributed by atoms with Crippen molar-refractivity contribution in [1.29, 1.82) is 0 Å². The molecular formula is C20H20N4O3. The normalized spacial score (nSPS) is 16.0. The van der Waals surface area contributed by atoms with Gasteiger partial charge in [-0.25, -0.2) is 15.2 Å². The highest BCUT2D eigenvalue weighted by atomic mass is 16.5. The molecule has 3 N–H and O–H groups in total. The lowest BCUT2D eigenvalue weighted by Gasteiger charge is -2.10. The molecule has 0 saturated carbocycles. The maximum absolute atomic E-state index is 11.1. The van der Waals surface area contributed by atoms with Crippen LogP contribution in [0.3, 0.4) is 0 Å². The first-order valence-corrected chi connectivity index (χ1v) is 8.80. The van der Waals surface area contributed by atoms with Crippen LogP contribution >= 0.6 is 0 Å². The van der Waals surface area contributed by atoms with E-state index in [0.717, 1.165) is 22.6 Å². The van der Waals surface area contributed by atoms with Gasteiger partial charge in [-0.2, -0.15) is 0 Å². The van der Waals surface area contributed by atoms with E-state index in [0.29, 0.717) is 25.3 Å². The van der Waals surface area contributed by atoms with E-state index in [9.17, 15) is 4.79 Å². The molecule has 4 rings (SSSR count). The maximum Gasteiger partial charge on any atom is 0.330 e. The van der Waals surface area contributed by atoms with Gasteiger partial charge in [0.25, 0.3) is 0 Å². The van der Waals surface area contributed by atoms with Gasteiger partial charge in [0.1, 0.15) is 18.2 Å². The summed E-state index contributed by atoms with van der Waals surface area (Å²) in [5, 5.41) is 2.77. The first-order valence-electron chi connectivity index (χ1n) is 8.80. The number of carbonyl (C=O) groups excluding carboxylic acids is 1. The third-order valence-corrected chi connectivity index (χ3v) is 4.23. The van der Waals surface area contributed by atoms with Crippen LogP contribution in [-0.4, -0.2) is 23.8 Å². The minimum atomic E-state index is -0.205. The highest BCUT2D eigenvalue weighted by Gasteiger charge is 2.19. The van der Waals surface area contributed by atoms with Crippen molar-refractivity contribution in [3.63, 3.8) is 0 Å². The fourth-order valence-electron chi connectivity index (χ4n) is 2.85. The maximum atomic E-state index is 11.1. The van der Waals surface area contributed by atoms with Crippen LogP contribution in [0.25, 0.3) is 11.5 Å². The Labute approximate surface area is 156 Å². The number of hydrazine groups is 1. The van der Waals surface area contributed by atoms with Gasteiger partial charge in [0.05, 0.1) is 12.3 Å². The molecule has 7 nitrogen and oxygen atoms in total. The lowest BCUT2D eigenvalue weighted by molar-refractivity contribution is 0.247. The topological polar surface area (TPSA) is 88.4 Å². The Kier molecular flexibility index (Phi) is 5.02. The summed E-state index contributed by atoms with van der Waals surface area (Å²) >= 11 is 0. The number of nitrogens with zero attached hydrogens (tertiary/aromatic N) is 1. The van der Waals surface area contributed by atoms with Gasteiger partial charge in [-0.3, -0.25) is 5.43 Å². The minimum absolute atomic E-state index is 0.102. The fraction of sp³-hybridized carbons (Fsp3) is 0.200. The molecule has 1 fully saturated rings. The van der Waals surface area contributed by atoms with E-state index < -0.39 is 0 Å². The number of hydrogen-bond acceptors (Lipinski definition) is 5. The van der Waals surface area contributed by atoms with E-state index in [2.05, 4.69) is 21.2 Å². The summed E-state index contributed by atoms with van der Waals surface area (Å²) in [4.78, 5) is 15.6. The third-order valence-electron chi connectivity index (χ3n) is 4.23. The molecule has 3 aromatic rings. The molecule has 1 unspecified atom stereocenters. The molecule has 0 bridgehead atoms. The van der Waals surface area contributed by atoms with E-state index in [1.54, 1.807) is 6.26 Å². The monoisotopic (exact) mass is 364 g/mol. The Morgan fingerprint density at radius 1 is 1.07 bits per heavy atom.